The first kappa shape index (κ1) is 28.1. The van der Waals surface area contributed by atoms with Gasteiger partial charge in [0.05, 0.1) is 24.2 Å². The van der Waals surface area contributed by atoms with Gasteiger partial charge in [-0.25, -0.2) is 8.78 Å². The lowest BCUT2D eigenvalue weighted by Crippen LogP contribution is -2.53. The van der Waals surface area contributed by atoms with Crippen LogP contribution in [0.1, 0.15) is 43.7 Å². The molecular formula is C29H37F2N3O4. The molecule has 2 saturated heterocycles. The molecule has 2 aromatic rings. The Bertz CT molecular complexity index is 1070. The summed E-state index contributed by atoms with van der Waals surface area (Å²) in [5, 5.41) is 17.5. The number of rotatable bonds is 12. The molecule has 5 atom stereocenters. The maximum absolute atomic E-state index is 13.9. The van der Waals surface area contributed by atoms with Crippen LogP contribution in [-0.2, 0) is 27.3 Å². The quantitative estimate of drug-likeness (QED) is 0.368. The Kier molecular flexibility index (Phi) is 9.82. The van der Waals surface area contributed by atoms with Crippen LogP contribution in [0.4, 0.5) is 8.78 Å². The zero-order valence-electron chi connectivity index (χ0n) is 21.7. The van der Waals surface area contributed by atoms with Crippen LogP contribution in [0.25, 0.3) is 0 Å². The Morgan fingerprint density at radius 3 is 2.63 bits per heavy atom. The third-order valence-electron chi connectivity index (χ3n) is 7.31. The first-order valence-electron chi connectivity index (χ1n) is 13.4. The number of likely N-dealkylation sites (tertiary alicyclic amines) is 1. The standard InChI is InChI=1S/C29H37F2N3O4/c1-2-3-9-38-24-15-25(32-16-24)28(36)26(12-20-10-22(30)14-23(31)11-20)33-29(37)21-13-27(35)34(18-21)17-19-7-5-4-6-8-19/h4-8,10-11,14,21,24-26,28,32,36H,2-3,9,12-13,15-18H2,1H3,(H,33,37)/t21?,24-,25-,26+,28-/m1/s1. The van der Waals surface area contributed by atoms with Crippen molar-refractivity contribution in [3.05, 3.63) is 71.3 Å². The summed E-state index contributed by atoms with van der Waals surface area (Å²) in [6, 6.07) is 11.6. The lowest BCUT2D eigenvalue weighted by Gasteiger charge is -2.29. The minimum atomic E-state index is -1.03. The van der Waals surface area contributed by atoms with Gasteiger partial charge in [-0.1, -0.05) is 43.7 Å². The molecule has 0 aliphatic carbocycles. The smallest absolute Gasteiger partial charge is 0.225 e. The number of amides is 2. The Labute approximate surface area is 222 Å². The average Bonchev–Trinajstić information content (AvgIpc) is 3.50. The number of aliphatic hydroxyl groups excluding tert-OH is 1. The van der Waals surface area contributed by atoms with Crippen LogP contribution in [0.3, 0.4) is 0 Å². The van der Waals surface area contributed by atoms with Crippen LogP contribution in [0.2, 0.25) is 0 Å². The molecule has 0 aromatic heterocycles. The maximum atomic E-state index is 13.9. The molecular weight excluding hydrogens is 492 g/mol. The van der Waals surface area contributed by atoms with Gasteiger partial charge in [0.2, 0.25) is 11.8 Å². The van der Waals surface area contributed by atoms with E-state index in [0.717, 1.165) is 24.5 Å². The molecule has 0 bridgehead atoms. The van der Waals surface area contributed by atoms with Gasteiger partial charge >= 0.3 is 0 Å². The fourth-order valence-corrected chi connectivity index (χ4v) is 5.24. The molecule has 2 heterocycles. The molecule has 2 aromatic carbocycles. The average molecular weight is 530 g/mol. The van der Waals surface area contributed by atoms with Crippen molar-refractivity contribution in [2.75, 3.05) is 19.7 Å². The van der Waals surface area contributed by atoms with Gasteiger partial charge in [-0.15, -0.1) is 0 Å². The summed E-state index contributed by atoms with van der Waals surface area (Å²) < 4.78 is 33.7. The summed E-state index contributed by atoms with van der Waals surface area (Å²) in [7, 11) is 0. The van der Waals surface area contributed by atoms with Gasteiger partial charge in [0, 0.05) is 44.8 Å². The van der Waals surface area contributed by atoms with Crippen molar-refractivity contribution >= 4 is 11.8 Å². The lowest BCUT2D eigenvalue weighted by atomic mass is 9.94. The zero-order valence-corrected chi connectivity index (χ0v) is 21.7. The number of halogens is 2. The van der Waals surface area contributed by atoms with Gasteiger partial charge in [-0.3, -0.25) is 9.59 Å². The summed E-state index contributed by atoms with van der Waals surface area (Å²) >= 11 is 0. The summed E-state index contributed by atoms with van der Waals surface area (Å²) in [6.07, 6.45) is 1.57. The van der Waals surface area contributed by atoms with Crippen molar-refractivity contribution in [2.24, 2.45) is 5.92 Å². The van der Waals surface area contributed by atoms with E-state index in [9.17, 15) is 23.5 Å². The molecule has 3 N–H and O–H groups in total. The van der Waals surface area contributed by atoms with Gasteiger partial charge in [0.15, 0.2) is 0 Å². The molecule has 4 rings (SSSR count). The van der Waals surface area contributed by atoms with Crippen LogP contribution in [0.5, 0.6) is 0 Å². The van der Waals surface area contributed by atoms with Gasteiger partial charge in [-0.05, 0) is 42.5 Å². The SMILES string of the molecule is CCCCO[C@H]1CN[C@@H]([C@@H](O)[C@H](Cc2cc(F)cc(F)c2)NC(=O)C2CC(=O)N(Cc3ccccc3)C2)C1. The first-order valence-corrected chi connectivity index (χ1v) is 13.4. The number of carbonyl (C=O) groups is 2. The number of hydrogen-bond acceptors (Lipinski definition) is 5. The van der Waals surface area contributed by atoms with E-state index in [0.29, 0.717) is 31.7 Å². The number of aliphatic hydroxyl groups is 1. The number of benzene rings is 2. The second-order valence-corrected chi connectivity index (χ2v) is 10.3. The highest BCUT2D eigenvalue weighted by Crippen LogP contribution is 2.23. The Hall–Kier alpha value is -2.88. The molecule has 38 heavy (non-hydrogen) atoms. The van der Waals surface area contributed by atoms with Crippen molar-refractivity contribution in [1.29, 1.82) is 0 Å². The molecule has 0 saturated carbocycles. The van der Waals surface area contributed by atoms with Crippen LogP contribution in [0, 0.1) is 17.6 Å². The van der Waals surface area contributed by atoms with Crippen molar-refractivity contribution in [3.63, 3.8) is 0 Å². The third-order valence-corrected chi connectivity index (χ3v) is 7.31. The fraction of sp³-hybridized carbons (Fsp3) is 0.517. The minimum Gasteiger partial charge on any atom is -0.389 e. The van der Waals surface area contributed by atoms with Crippen molar-refractivity contribution < 1.29 is 28.2 Å². The van der Waals surface area contributed by atoms with E-state index in [1.165, 1.54) is 12.1 Å². The van der Waals surface area contributed by atoms with E-state index in [-0.39, 0.29) is 43.3 Å². The van der Waals surface area contributed by atoms with Crippen LogP contribution < -0.4 is 10.6 Å². The van der Waals surface area contributed by atoms with Gasteiger partial charge in [0.1, 0.15) is 11.6 Å². The molecule has 1 unspecified atom stereocenters. The summed E-state index contributed by atoms with van der Waals surface area (Å²) in [5.41, 5.74) is 1.31. The van der Waals surface area contributed by atoms with E-state index in [4.69, 9.17) is 4.74 Å². The number of carbonyl (C=O) groups excluding carboxylic acids is 2. The predicted molar refractivity (Wildman–Crippen MR) is 139 cm³/mol. The highest BCUT2D eigenvalue weighted by molar-refractivity contribution is 5.89. The maximum Gasteiger partial charge on any atom is 0.225 e. The van der Waals surface area contributed by atoms with Gasteiger partial charge in [-0.2, -0.15) is 0 Å². The monoisotopic (exact) mass is 529 g/mol. The van der Waals surface area contributed by atoms with Crippen molar-refractivity contribution in [3.8, 4) is 0 Å². The molecule has 2 aliphatic heterocycles. The zero-order chi connectivity index (χ0) is 27.1. The van der Waals surface area contributed by atoms with Crippen molar-refractivity contribution in [2.45, 2.75) is 69.9 Å². The fourth-order valence-electron chi connectivity index (χ4n) is 5.24. The lowest BCUT2D eigenvalue weighted by molar-refractivity contribution is -0.129. The van der Waals surface area contributed by atoms with Crippen LogP contribution in [-0.4, -0.2) is 65.8 Å². The highest BCUT2D eigenvalue weighted by atomic mass is 19.1. The Balaban J connectivity index is 1.43. The first-order chi connectivity index (χ1) is 18.3. The van der Waals surface area contributed by atoms with E-state index in [2.05, 4.69) is 17.6 Å². The van der Waals surface area contributed by atoms with E-state index >= 15 is 0 Å². The topological polar surface area (TPSA) is 90.9 Å². The summed E-state index contributed by atoms with van der Waals surface area (Å²) in [4.78, 5) is 27.6. The van der Waals surface area contributed by atoms with E-state index < -0.39 is 29.7 Å². The molecule has 2 fully saturated rings. The number of ether oxygens (including phenoxy) is 1. The number of unbranched alkanes of at least 4 members (excludes halogenated alkanes) is 1. The second kappa shape index (κ2) is 13.3. The van der Waals surface area contributed by atoms with Crippen molar-refractivity contribution in [1.82, 2.24) is 15.5 Å². The van der Waals surface area contributed by atoms with E-state index in [1.54, 1.807) is 4.90 Å². The minimum absolute atomic E-state index is 0.0372. The molecule has 2 amide bonds. The van der Waals surface area contributed by atoms with Crippen LogP contribution >= 0.6 is 0 Å². The largest absolute Gasteiger partial charge is 0.389 e. The van der Waals surface area contributed by atoms with Gasteiger partial charge < -0.3 is 25.4 Å². The van der Waals surface area contributed by atoms with Gasteiger partial charge in [0.25, 0.3) is 0 Å². The second-order valence-electron chi connectivity index (χ2n) is 10.3. The predicted octanol–water partition coefficient (Wildman–Crippen LogP) is 2.95. The molecule has 206 valence electrons. The number of nitrogens with one attached hydrogen (secondary N) is 2. The summed E-state index contributed by atoms with van der Waals surface area (Å²) in [5.74, 6) is -2.49. The Morgan fingerprint density at radius 2 is 1.92 bits per heavy atom. The number of hydrogen-bond donors (Lipinski definition) is 3. The van der Waals surface area contributed by atoms with Crippen LogP contribution in [0.15, 0.2) is 48.5 Å². The molecule has 2 aliphatic rings. The Morgan fingerprint density at radius 1 is 1.18 bits per heavy atom. The normalized spacial score (nSPS) is 23.0. The summed E-state index contributed by atoms with van der Waals surface area (Å²) in [6.45, 7) is 4.00. The number of nitrogens with zero attached hydrogens (tertiary/aromatic N) is 1. The molecule has 7 nitrogen and oxygen atoms in total. The molecule has 0 radical (unpaired) electrons. The molecule has 9 heteroatoms. The highest BCUT2D eigenvalue weighted by Gasteiger charge is 2.39. The van der Waals surface area contributed by atoms with E-state index in [1.807, 2.05) is 30.3 Å². The third kappa shape index (κ3) is 7.58. The molecule has 0 spiro atoms.